The number of hydrogen-bond acceptors (Lipinski definition) is 1. The summed E-state index contributed by atoms with van der Waals surface area (Å²) in [5.74, 6) is 4.73. The summed E-state index contributed by atoms with van der Waals surface area (Å²) in [7, 11) is 0. The van der Waals surface area contributed by atoms with Gasteiger partial charge in [0.2, 0.25) is 0 Å². The second-order valence-corrected chi connectivity index (χ2v) is 3.97. The number of rotatable bonds is 0. The van der Waals surface area contributed by atoms with Gasteiger partial charge in [0, 0.05) is 0 Å². The molecule has 2 atom stereocenters. The summed E-state index contributed by atoms with van der Waals surface area (Å²) >= 11 is 2.11. The van der Waals surface area contributed by atoms with Crippen molar-refractivity contribution in [3.63, 3.8) is 0 Å². The molecular weight excluding hydrogens is 116 g/mol. The van der Waals surface area contributed by atoms with E-state index in [-0.39, 0.29) is 0 Å². The minimum absolute atomic E-state index is 0.966. The van der Waals surface area contributed by atoms with E-state index in [0.29, 0.717) is 0 Å². The van der Waals surface area contributed by atoms with Gasteiger partial charge in [-0.25, -0.2) is 0 Å². The van der Waals surface area contributed by atoms with E-state index in [0.717, 1.165) is 11.8 Å². The molecule has 0 N–H and O–H groups in total. The maximum absolute atomic E-state index is 2.37. The maximum Gasteiger partial charge on any atom is -0.00392 e. The maximum atomic E-state index is 2.37. The largest absolute Gasteiger partial charge is 0.162 e. The standard InChI is InChI=1S/C7H14S/c1-6-3-4-8-5-7(6)2/h6-7H,3-5H2,1-2H3/t6?,7-/m0/s1. The van der Waals surface area contributed by atoms with Crippen molar-refractivity contribution in [3.8, 4) is 0 Å². The fraction of sp³-hybridized carbons (Fsp3) is 1.00. The third-order valence-electron chi connectivity index (χ3n) is 2.07. The van der Waals surface area contributed by atoms with E-state index in [1.807, 2.05) is 0 Å². The molecule has 1 aliphatic rings. The van der Waals surface area contributed by atoms with Crippen molar-refractivity contribution in [3.05, 3.63) is 0 Å². The first-order valence-corrected chi connectivity index (χ1v) is 4.54. The molecule has 0 aromatic heterocycles. The van der Waals surface area contributed by atoms with Gasteiger partial charge in [-0.2, -0.15) is 11.8 Å². The lowest BCUT2D eigenvalue weighted by molar-refractivity contribution is 0.406. The minimum Gasteiger partial charge on any atom is -0.162 e. The Morgan fingerprint density at radius 3 is 2.38 bits per heavy atom. The average molecular weight is 130 g/mol. The highest BCUT2D eigenvalue weighted by molar-refractivity contribution is 7.99. The Balaban J connectivity index is 2.28. The van der Waals surface area contributed by atoms with E-state index in [1.165, 1.54) is 17.9 Å². The third kappa shape index (κ3) is 1.41. The van der Waals surface area contributed by atoms with Crippen LogP contribution in [0, 0.1) is 11.8 Å². The smallest absolute Gasteiger partial charge is 0.00392 e. The first-order valence-electron chi connectivity index (χ1n) is 3.38. The third-order valence-corrected chi connectivity index (χ3v) is 3.36. The SMILES string of the molecule is CC1CCSC[C@@H]1C. The average Bonchev–Trinajstić information content (AvgIpc) is 1.77. The van der Waals surface area contributed by atoms with Gasteiger partial charge in [0.25, 0.3) is 0 Å². The van der Waals surface area contributed by atoms with E-state index < -0.39 is 0 Å². The van der Waals surface area contributed by atoms with Crippen LogP contribution in [0.5, 0.6) is 0 Å². The summed E-state index contributed by atoms with van der Waals surface area (Å²) in [6, 6.07) is 0. The summed E-state index contributed by atoms with van der Waals surface area (Å²) in [6.45, 7) is 4.72. The summed E-state index contributed by atoms with van der Waals surface area (Å²) in [4.78, 5) is 0. The summed E-state index contributed by atoms with van der Waals surface area (Å²) in [6.07, 6.45) is 1.44. The van der Waals surface area contributed by atoms with E-state index in [2.05, 4.69) is 25.6 Å². The zero-order valence-corrected chi connectivity index (χ0v) is 6.50. The van der Waals surface area contributed by atoms with Gasteiger partial charge in [0.15, 0.2) is 0 Å². The molecular formula is C7H14S. The van der Waals surface area contributed by atoms with Crippen molar-refractivity contribution in [2.24, 2.45) is 11.8 Å². The molecule has 0 amide bonds. The molecule has 1 rings (SSSR count). The molecule has 0 aromatic rings. The second kappa shape index (κ2) is 2.77. The lowest BCUT2D eigenvalue weighted by atomic mass is 9.95. The minimum atomic E-state index is 0.966. The molecule has 8 heavy (non-hydrogen) atoms. The van der Waals surface area contributed by atoms with Crippen LogP contribution in [-0.2, 0) is 0 Å². The molecule has 1 unspecified atom stereocenters. The van der Waals surface area contributed by atoms with Crippen LogP contribution in [0.15, 0.2) is 0 Å². The van der Waals surface area contributed by atoms with Crippen LogP contribution in [0.25, 0.3) is 0 Å². The zero-order valence-electron chi connectivity index (χ0n) is 5.68. The molecule has 1 fully saturated rings. The highest BCUT2D eigenvalue weighted by atomic mass is 32.2. The van der Waals surface area contributed by atoms with Crippen LogP contribution < -0.4 is 0 Å². The Labute approximate surface area is 56.0 Å². The molecule has 48 valence electrons. The van der Waals surface area contributed by atoms with Crippen molar-refractivity contribution in [2.45, 2.75) is 20.3 Å². The lowest BCUT2D eigenvalue weighted by Crippen LogP contribution is -2.16. The van der Waals surface area contributed by atoms with Gasteiger partial charge in [-0.3, -0.25) is 0 Å². The van der Waals surface area contributed by atoms with Crippen LogP contribution in [0.2, 0.25) is 0 Å². The quantitative estimate of drug-likeness (QED) is 0.485. The van der Waals surface area contributed by atoms with Crippen molar-refractivity contribution >= 4 is 11.8 Å². The molecule has 1 heteroatoms. The molecule has 0 aromatic carbocycles. The molecule has 0 saturated carbocycles. The van der Waals surface area contributed by atoms with E-state index in [4.69, 9.17) is 0 Å². The molecule has 0 nitrogen and oxygen atoms in total. The van der Waals surface area contributed by atoms with Gasteiger partial charge in [-0.15, -0.1) is 0 Å². The molecule has 0 radical (unpaired) electrons. The number of hydrogen-bond donors (Lipinski definition) is 0. The Morgan fingerprint density at radius 2 is 2.00 bits per heavy atom. The van der Waals surface area contributed by atoms with E-state index in [9.17, 15) is 0 Å². The summed E-state index contributed by atoms with van der Waals surface area (Å²) in [5.41, 5.74) is 0. The highest BCUT2D eigenvalue weighted by Crippen LogP contribution is 2.27. The summed E-state index contributed by atoms with van der Waals surface area (Å²) in [5, 5.41) is 0. The Morgan fingerprint density at radius 1 is 1.25 bits per heavy atom. The van der Waals surface area contributed by atoms with Crippen molar-refractivity contribution in [2.75, 3.05) is 11.5 Å². The number of thioether (sulfide) groups is 1. The highest BCUT2D eigenvalue weighted by Gasteiger charge is 2.15. The predicted octanol–water partition coefficient (Wildman–Crippen LogP) is 2.40. The Kier molecular flexibility index (Phi) is 2.24. The van der Waals surface area contributed by atoms with Crippen LogP contribution in [0.3, 0.4) is 0 Å². The molecule has 0 bridgehead atoms. The molecule has 1 heterocycles. The molecule has 0 aliphatic carbocycles. The fourth-order valence-electron chi connectivity index (χ4n) is 0.987. The van der Waals surface area contributed by atoms with E-state index >= 15 is 0 Å². The van der Waals surface area contributed by atoms with Crippen molar-refractivity contribution in [1.82, 2.24) is 0 Å². The van der Waals surface area contributed by atoms with Gasteiger partial charge in [-0.1, -0.05) is 13.8 Å². The first-order chi connectivity index (χ1) is 3.80. The first kappa shape index (κ1) is 6.47. The monoisotopic (exact) mass is 130 g/mol. The Hall–Kier alpha value is 0.350. The van der Waals surface area contributed by atoms with E-state index in [1.54, 1.807) is 0 Å². The summed E-state index contributed by atoms with van der Waals surface area (Å²) < 4.78 is 0. The topological polar surface area (TPSA) is 0 Å². The van der Waals surface area contributed by atoms with Crippen LogP contribution >= 0.6 is 11.8 Å². The van der Waals surface area contributed by atoms with Crippen molar-refractivity contribution < 1.29 is 0 Å². The van der Waals surface area contributed by atoms with Crippen molar-refractivity contribution in [1.29, 1.82) is 0 Å². The Bertz CT molecular complexity index is 60.8. The lowest BCUT2D eigenvalue weighted by Gasteiger charge is -2.24. The van der Waals surface area contributed by atoms with Crippen LogP contribution in [0.1, 0.15) is 20.3 Å². The second-order valence-electron chi connectivity index (χ2n) is 2.82. The van der Waals surface area contributed by atoms with Gasteiger partial charge in [-0.05, 0) is 29.8 Å². The van der Waals surface area contributed by atoms with Crippen LogP contribution in [0.4, 0.5) is 0 Å². The molecule has 1 aliphatic heterocycles. The van der Waals surface area contributed by atoms with Gasteiger partial charge in [0.1, 0.15) is 0 Å². The molecule has 1 saturated heterocycles. The van der Waals surface area contributed by atoms with Gasteiger partial charge < -0.3 is 0 Å². The van der Waals surface area contributed by atoms with Crippen LogP contribution in [-0.4, -0.2) is 11.5 Å². The molecule has 0 spiro atoms. The van der Waals surface area contributed by atoms with Gasteiger partial charge in [0.05, 0.1) is 0 Å². The predicted molar refractivity (Wildman–Crippen MR) is 40.3 cm³/mol. The zero-order chi connectivity index (χ0) is 5.98. The normalized spacial score (nSPS) is 39.8. The van der Waals surface area contributed by atoms with Gasteiger partial charge >= 0.3 is 0 Å². The fourth-order valence-corrected chi connectivity index (χ4v) is 2.39.